The van der Waals surface area contributed by atoms with Gasteiger partial charge in [-0.1, -0.05) is 6.42 Å². The average Bonchev–Trinajstić information content (AvgIpc) is 2.17. The first-order chi connectivity index (χ1) is 7.40. The molecule has 0 radical (unpaired) electrons. The minimum Gasteiger partial charge on any atom is -0.127 e. The molecule has 0 aliphatic carbocycles. The van der Waals surface area contributed by atoms with Gasteiger partial charge in [0.1, 0.15) is 9.17 Å². The van der Waals surface area contributed by atoms with Gasteiger partial charge in [-0.25, -0.2) is 0 Å². The van der Waals surface area contributed by atoms with E-state index in [1.54, 1.807) is 0 Å². The first kappa shape index (κ1) is 17.7. The summed E-state index contributed by atoms with van der Waals surface area (Å²) in [5.41, 5.74) is 0. The topological polar surface area (TPSA) is 0 Å². The van der Waals surface area contributed by atoms with Crippen LogP contribution >= 0.6 is 69.6 Å². The fraction of sp³-hybridized carbons (Fsp3) is 1.00. The lowest BCUT2D eigenvalue weighted by molar-refractivity contribution is 0.561. The first-order valence-corrected chi connectivity index (χ1v) is 7.86. The molecule has 0 aromatic heterocycles. The Bertz CT molecular complexity index is 171. The van der Waals surface area contributed by atoms with E-state index in [-0.39, 0.29) is 10.2 Å². The van der Waals surface area contributed by atoms with Gasteiger partial charge < -0.3 is 0 Å². The summed E-state index contributed by atoms with van der Waals surface area (Å²) in [6, 6.07) is 0. The summed E-state index contributed by atoms with van der Waals surface area (Å²) in [5.74, 6) is 0.640. The summed E-state index contributed by atoms with van der Waals surface area (Å²) in [6.45, 7) is 0. The van der Waals surface area contributed by atoms with Crippen molar-refractivity contribution in [1.82, 2.24) is 0 Å². The molecule has 0 aliphatic heterocycles. The SMILES string of the molecule is ClCCCCC(Cl)C(Cl)(Cl)CCCC(Cl)Cl. The van der Waals surface area contributed by atoms with Crippen LogP contribution in [0, 0.1) is 0 Å². The molecule has 16 heavy (non-hydrogen) atoms. The molecule has 0 aromatic rings. The van der Waals surface area contributed by atoms with E-state index >= 15 is 0 Å². The summed E-state index contributed by atoms with van der Waals surface area (Å²) < 4.78 is -0.906. The second-order valence-electron chi connectivity index (χ2n) is 3.70. The molecule has 1 atom stereocenters. The van der Waals surface area contributed by atoms with Crippen LogP contribution in [0.15, 0.2) is 0 Å². The predicted octanol–water partition coefficient (Wildman–Crippen LogP) is 6.15. The zero-order valence-electron chi connectivity index (χ0n) is 8.87. The molecule has 98 valence electrons. The van der Waals surface area contributed by atoms with Gasteiger partial charge in [0.15, 0.2) is 0 Å². The van der Waals surface area contributed by atoms with Crippen molar-refractivity contribution in [2.75, 3.05) is 5.88 Å². The van der Waals surface area contributed by atoms with E-state index < -0.39 is 4.33 Å². The van der Waals surface area contributed by atoms with Gasteiger partial charge in [0.2, 0.25) is 0 Å². The van der Waals surface area contributed by atoms with Crippen LogP contribution in [-0.2, 0) is 0 Å². The zero-order chi connectivity index (χ0) is 12.6. The second-order valence-corrected chi connectivity index (χ2v) is 7.42. The fourth-order valence-electron chi connectivity index (χ4n) is 1.28. The van der Waals surface area contributed by atoms with Gasteiger partial charge >= 0.3 is 0 Å². The lowest BCUT2D eigenvalue weighted by Gasteiger charge is -2.25. The Balaban J connectivity index is 3.80. The predicted molar refractivity (Wildman–Crippen MR) is 78.0 cm³/mol. The second kappa shape index (κ2) is 9.64. The highest BCUT2D eigenvalue weighted by Crippen LogP contribution is 2.37. The molecule has 0 heterocycles. The lowest BCUT2D eigenvalue weighted by atomic mass is 10.1. The number of hydrogen-bond acceptors (Lipinski definition) is 0. The highest BCUT2D eigenvalue weighted by molar-refractivity contribution is 6.52. The van der Waals surface area contributed by atoms with Crippen LogP contribution in [-0.4, -0.2) is 20.4 Å². The molecular weight excluding hydrogens is 333 g/mol. The Morgan fingerprint density at radius 3 is 2.00 bits per heavy atom. The largest absolute Gasteiger partial charge is 0.134 e. The molecule has 0 N–H and O–H groups in total. The van der Waals surface area contributed by atoms with Crippen molar-refractivity contribution in [3.63, 3.8) is 0 Å². The molecule has 1 unspecified atom stereocenters. The highest BCUT2D eigenvalue weighted by Gasteiger charge is 2.32. The van der Waals surface area contributed by atoms with Gasteiger partial charge in [0.05, 0.1) is 5.38 Å². The number of rotatable bonds is 9. The summed E-state index contributed by atoms with van der Waals surface area (Å²) in [4.78, 5) is -0.367. The summed E-state index contributed by atoms with van der Waals surface area (Å²) in [6.07, 6.45) is 4.68. The Morgan fingerprint density at radius 1 is 0.875 bits per heavy atom. The fourth-order valence-corrected chi connectivity index (χ4v) is 2.52. The molecule has 0 saturated carbocycles. The van der Waals surface area contributed by atoms with Gasteiger partial charge in [-0.15, -0.1) is 69.6 Å². The monoisotopic (exact) mass is 346 g/mol. The van der Waals surface area contributed by atoms with E-state index in [0.717, 1.165) is 25.7 Å². The standard InChI is InChI=1S/C10H16Cl6/c11-7-2-1-4-8(12)10(15,16)6-3-5-9(13)14/h8-9H,1-7H2. The molecule has 0 aliphatic rings. The van der Waals surface area contributed by atoms with Gasteiger partial charge in [-0.3, -0.25) is 0 Å². The normalized spacial score (nSPS) is 14.4. The van der Waals surface area contributed by atoms with Gasteiger partial charge in [0, 0.05) is 5.88 Å². The van der Waals surface area contributed by atoms with Crippen molar-refractivity contribution < 1.29 is 0 Å². The quantitative estimate of drug-likeness (QED) is 0.346. The van der Waals surface area contributed by atoms with Gasteiger partial charge in [0.25, 0.3) is 0 Å². The minimum atomic E-state index is -0.906. The van der Waals surface area contributed by atoms with Gasteiger partial charge in [-0.2, -0.15) is 0 Å². The number of halogens is 6. The zero-order valence-corrected chi connectivity index (χ0v) is 13.4. The first-order valence-electron chi connectivity index (χ1n) is 5.26. The van der Waals surface area contributed by atoms with Crippen LogP contribution in [0.5, 0.6) is 0 Å². The van der Waals surface area contributed by atoms with Crippen LogP contribution in [0.3, 0.4) is 0 Å². The third-order valence-electron chi connectivity index (χ3n) is 2.23. The van der Waals surface area contributed by atoms with Crippen LogP contribution in [0.4, 0.5) is 0 Å². The van der Waals surface area contributed by atoms with Crippen LogP contribution < -0.4 is 0 Å². The molecule has 0 saturated heterocycles. The third-order valence-corrected chi connectivity index (χ3v) is 4.65. The maximum absolute atomic E-state index is 6.16. The van der Waals surface area contributed by atoms with Gasteiger partial charge in [-0.05, 0) is 32.1 Å². The highest BCUT2D eigenvalue weighted by atomic mass is 35.5. The molecule has 0 fully saturated rings. The Labute approximate surface area is 128 Å². The van der Waals surface area contributed by atoms with Crippen molar-refractivity contribution in [3.8, 4) is 0 Å². The van der Waals surface area contributed by atoms with Crippen molar-refractivity contribution in [2.45, 2.75) is 53.1 Å². The number of unbranched alkanes of at least 4 members (excludes halogenated alkanes) is 1. The van der Waals surface area contributed by atoms with Crippen molar-refractivity contribution in [3.05, 3.63) is 0 Å². The van der Waals surface area contributed by atoms with E-state index in [2.05, 4.69) is 0 Å². The Kier molecular flexibility index (Phi) is 10.7. The van der Waals surface area contributed by atoms with Crippen molar-refractivity contribution >= 4 is 69.6 Å². The van der Waals surface area contributed by atoms with Crippen molar-refractivity contribution in [1.29, 1.82) is 0 Å². The Morgan fingerprint density at radius 2 is 1.50 bits per heavy atom. The molecule has 0 nitrogen and oxygen atoms in total. The molecule has 0 aromatic carbocycles. The molecular formula is C10H16Cl6. The minimum absolute atomic E-state index is 0.261. The maximum Gasteiger partial charge on any atom is 0.134 e. The Hall–Kier alpha value is 1.74. The summed E-state index contributed by atoms with van der Waals surface area (Å²) in [5, 5.41) is -0.261. The third kappa shape index (κ3) is 8.78. The smallest absolute Gasteiger partial charge is 0.127 e. The maximum atomic E-state index is 6.16. The average molecular weight is 349 g/mol. The van der Waals surface area contributed by atoms with E-state index in [9.17, 15) is 0 Å². The number of hydrogen-bond donors (Lipinski definition) is 0. The van der Waals surface area contributed by atoms with E-state index in [4.69, 9.17) is 69.6 Å². The molecule has 0 bridgehead atoms. The summed E-state index contributed by atoms with van der Waals surface area (Å²) in [7, 11) is 0. The van der Waals surface area contributed by atoms with E-state index in [0.29, 0.717) is 18.7 Å². The van der Waals surface area contributed by atoms with Crippen LogP contribution in [0.2, 0.25) is 0 Å². The van der Waals surface area contributed by atoms with E-state index in [1.165, 1.54) is 0 Å². The lowest BCUT2D eigenvalue weighted by Crippen LogP contribution is -2.26. The van der Waals surface area contributed by atoms with Crippen molar-refractivity contribution in [2.24, 2.45) is 0 Å². The number of alkyl halides is 6. The molecule has 0 amide bonds. The molecule has 6 heteroatoms. The molecule has 0 spiro atoms. The summed E-state index contributed by atoms with van der Waals surface area (Å²) >= 11 is 35.3. The molecule has 0 rings (SSSR count). The van der Waals surface area contributed by atoms with Crippen LogP contribution in [0.1, 0.15) is 38.5 Å². The van der Waals surface area contributed by atoms with E-state index in [1.807, 2.05) is 0 Å². The van der Waals surface area contributed by atoms with Crippen LogP contribution in [0.25, 0.3) is 0 Å².